The highest BCUT2D eigenvalue weighted by atomic mass is 32.1. The second-order valence-electron chi connectivity index (χ2n) is 6.39. The van der Waals surface area contributed by atoms with Gasteiger partial charge in [-0.1, -0.05) is 58.0 Å². The van der Waals surface area contributed by atoms with E-state index < -0.39 is 0 Å². The first kappa shape index (κ1) is 15.2. The van der Waals surface area contributed by atoms with E-state index in [1.165, 1.54) is 22.5 Å². The van der Waals surface area contributed by atoms with E-state index in [9.17, 15) is 0 Å². The van der Waals surface area contributed by atoms with Crippen molar-refractivity contribution in [2.24, 2.45) is 0 Å². The first-order chi connectivity index (χ1) is 12.7. The summed E-state index contributed by atoms with van der Waals surface area (Å²) in [6.45, 7) is 4.13. The molecule has 7 heteroatoms. The minimum Gasteiger partial charge on any atom is -0.356 e. The summed E-state index contributed by atoms with van der Waals surface area (Å²) in [5.41, 5.74) is 5.09. The molecule has 0 N–H and O–H groups in total. The Morgan fingerprint density at radius 2 is 1.81 bits per heavy atom. The van der Waals surface area contributed by atoms with Gasteiger partial charge in [0.15, 0.2) is 11.4 Å². The van der Waals surface area contributed by atoms with Crippen LogP contribution < -0.4 is 0 Å². The van der Waals surface area contributed by atoms with Gasteiger partial charge in [0.25, 0.3) is 0 Å². The SMILES string of the molecule is Cc1ccc(-c2nnc3sc(Cc4noc5ccc(C)cc45)nn23)cc1. The van der Waals surface area contributed by atoms with Crippen molar-refractivity contribution in [3.63, 3.8) is 0 Å². The Kier molecular flexibility index (Phi) is 3.36. The molecule has 0 saturated carbocycles. The van der Waals surface area contributed by atoms with Gasteiger partial charge in [-0.15, -0.1) is 10.2 Å². The molecule has 0 atom stereocenters. The molecular formula is C19H15N5OS. The molecule has 0 fully saturated rings. The molecular weight excluding hydrogens is 346 g/mol. The van der Waals surface area contributed by atoms with Crippen LogP contribution in [0.3, 0.4) is 0 Å². The number of aromatic nitrogens is 5. The van der Waals surface area contributed by atoms with Gasteiger partial charge in [0.05, 0.1) is 5.69 Å². The van der Waals surface area contributed by atoms with Crippen molar-refractivity contribution in [3.8, 4) is 11.4 Å². The Bertz CT molecular complexity index is 1230. The Morgan fingerprint density at radius 3 is 2.65 bits per heavy atom. The van der Waals surface area contributed by atoms with Crippen molar-refractivity contribution in [1.82, 2.24) is 25.0 Å². The normalized spacial score (nSPS) is 11.6. The summed E-state index contributed by atoms with van der Waals surface area (Å²) in [5, 5.41) is 19.4. The van der Waals surface area contributed by atoms with Gasteiger partial charge in [-0.05, 0) is 26.0 Å². The lowest BCUT2D eigenvalue weighted by Crippen LogP contribution is -1.94. The Labute approximate surface area is 153 Å². The largest absolute Gasteiger partial charge is 0.356 e. The topological polar surface area (TPSA) is 69.1 Å². The zero-order valence-corrected chi connectivity index (χ0v) is 15.1. The van der Waals surface area contributed by atoms with Crippen LogP contribution >= 0.6 is 11.3 Å². The van der Waals surface area contributed by atoms with Crippen molar-refractivity contribution in [2.75, 3.05) is 0 Å². The number of benzene rings is 2. The Balaban J connectivity index is 1.54. The highest BCUT2D eigenvalue weighted by Gasteiger charge is 2.16. The molecule has 6 nitrogen and oxygen atoms in total. The Hall–Kier alpha value is -3.06. The minimum atomic E-state index is 0.609. The van der Waals surface area contributed by atoms with Crippen LogP contribution in [0.2, 0.25) is 0 Å². The van der Waals surface area contributed by atoms with Crippen molar-refractivity contribution in [3.05, 3.63) is 64.3 Å². The van der Waals surface area contributed by atoms with Crippen LogP contribution in [-0.2, 0) is 6.42 Å². The van der Waals surface area contributed by atoms with E-state index in [4.69, 9.17) is 9.62 Å². The predicted molar refractivity (Wildman–Crippen MR) is 100 cm³/mol. The fourth-order valence-electron chi connectivity index (χ4n) is 2.98. The molecule has 3 aromatic heterocycles. The van der Waals surface area contributed by atoms with E-state index in [0.717, 1.165) is 38.0 Å². The van der Waals surface area contributed by atoms with Gasteiger partial charge in [0.1, 0.15) is 5.01 Å². The molecule has 0 aliphatic heterocycles. The van der Waals surface area contributed by atoms with E-state index in [1.54, 1.807) is 4.52 Å². The van der Waals surface area contributed by atoms with E-state index in [2.05, 4.69) is 47.4 Å². The van der Waals surface area contributed by atoms with Crippen molar-refractivity contribution in [2.45, 2.75) is 20.3 Å². The van der Waals surface area contributed by atoms with Crippen LogP contribution in [0.4, 0.5) is 0 Å². The summed E-state index contributed by atoms with van der Waals surface area (Å²) in [5.74, 6) is 0.753. The number of aryl methyl sites for hydroxylation is 2. The number of nitrogens with zero attached hydrogens (tertiary/aromatic N) is 5. The monoisotopic (exact) mass is 361 g/mol. The highest BCUT2D eigenvalue weighted by Crippen LogP contribution is 2.26. The molecule has 0 saturated heterocycles. The second-order valence-corrected chi connectivity index (χ2v) is 7.43. The van der Waals surface area contributed by atoms with Crippen molar-refractivity contribution in [1.29, 1.82) is 0 Å². The zero-order chi connectivity index (χ0) is 17.7. The maximum Gasteiger partial charge on any atom is 0.234 e. The maximum absolute atomic E-state index is 5.43. The highest BCUT2D eigenvalue weighted by molar-refractivity contribution is 7.16. The Morgan fingerprint density at radius 1 is 1.00 bits per heavy atom. The van der Waals surface area contributed by atoms with E-state index in [-0.39, 0.29) is 0 Å². The average Bonchev–Trinajstić information content (AvgIpc) is 3.31. The van der Waals surface area contributed by atoms with E-state index in [1.807, 2.05) is 24.3 Å². The number of fused-ring (bicyclic) bond motifs is 2. The summed E-state index contributed by atoms with van der Waals surface area (Å²) >= 11 is 1.52. The molecule has 0 spiro atoms. The minimum absolute atomic E-state index is 0.609. The van der Waals surface area contributed by atoms with Gasteiger partial charge in [0.2, 0.25) is 4.96 Å². The van der Waals surface area contributed by atoms with Gasteiger partial charge in [-0.3, -0.25) is 0 Å². The first-order valence-electron chi connectivity index (χ1n) is 8.30. The molecule has 5 aromatic rings. The fraction of sp³-hybridized carbons (Fsp3) is 0.158. The lowest BCUT2D eigenvalue weighted by Gasteiger charge is -1.97. The molecule has 26 heavy (non-hydrogen) atoms. The molecule has 2 aromatic carbocycles. The van der Waals surface area contributed by atoms with Crippen LogP contribution in [0.25, 0.3) is 27.3 Å². The summed E-state index contributed by atoms with van der Waals surface area (Å²) < 4.78 is 7.23. The van der Waals surface area contributed by atoms with Gasteiger partial charge >= 0.3 is 0 Å². The van der Waals surface area contributed by atoms with E-state index >= 15 is 0 Å². The molecule has 0 aliphatic carbocycles. The standard InChI is InChI=1S/C19H15N5OS/c1-11-3-6-13(7-4-11)18-20-21-19-24(18)22-17(26-19)10-15-14-9-12(2)5-8-16(14)25-23-15/h3-9H,10H2,1-2H3. The van der Waals surface area contributed by atoms with Crippen LogP contribution in [0.1, 0.15) is 21.8 Å². The molecule has 0 unspecified atom stereocenters. The molecule has 128 valence electrons. The summed E-state index contributed by atoms with van der Waals surface area (Å²) in [6, 6.07) is 14.3. The summed E-state index contributed by atoms with van der Waals surface area (Å²) in [4.78, 5) is 0.777. The van der Waals surface area contributed by atoms with Gasteiger partial charge < -0.3 is 4.52 Å². The second kappa shape index (κ2) is 5.74. The molecule has 0 bridgehead atoms. The van der Waals surface area contributed by atoms with Crippen LogP contribution in [0.5, 0.6) is 0 Å². The molecule has 0 radical (unpaired) electrons. The number of hydrogen-bond acceptors (Lipinski definition) is 6. The third kappa shape index (κ3) is 2.48. The average molecular weight is 361 g/mol. The quantitative estimate of drug-likeness (QED) is 0.482. The van der Waals surface area contributed by atoms with Gasteiger partial charge in [-0.25, -0.2) is 0 Å². The van der Waals surface area contributed by atoms with Gasteiger partial charge in [0, 0.05) is 17.4 Å². The summed E-state index contributed by atoms with van der Waals surface area (Å²) in [6.07, 6.45) is 0.609. The number of hydrogen-bond donors (Lipinski definition) is 0. The molecule has 0 amide bonds. The van der Waals surface area contributed by atoms with Crippen molar-refractivity contribution < 1.29 is 4.52 Å². The molecule has 0 aliphatic rings. The fourth-order valence-corrected chi connectivity index (χ4v) is 3.82. The molecule has 5 rings (SSSR count). The lowest BCUT2D eigenvalue weighted by molar-refractivity contribution is 0.448. The predicted octanol–water partition coefficient (Wildman–Crippen LogP) is 4.20. The maximum atomic E-state index is 5.43. The molecule has 3 heterocycles. The first-order valence-corrected chi connectivity index (χ1v) is 9.12. The van der Waals surface area contributed by atoms with Crippen LogP contribution in [0.15, 0.2) is 47.0 Å². The smallest absolute Gasteiger partial charge is 0.234 e. The summed E-state index contributed by atoms with van der Waals surface area (Å²) in [7, 11) is 0. The third-order valence-electron chi connectivity index (χ3n) is 4.36. The third-order valence-corrected chi connectivity index (χ3v) is 5.26. The van der Waals surface area contributed by atoms with Crippen LogP contribution in [0, 0.1) is 13.8 Å². The van der Waals surface area contributed by atoms with Crippen molar-refractivity contribution >= 4 is 27.3 Å². The van der Waals surface area contributed by atoms with E-state index in [0.29, 0.717) is 6.42 Å². The zero-order valence-electron chi connectivity index (χ0n) is 14.3. The lowest BCUT2D eigenvalue weighted by atomic mass is 10.1. The van der Waals surface area contributed by atoms with Gasteiger partial charge in [-0.2, -0.15) is 9.61 Å². The number of rotatable bonds is 3. The van der Waals surface area contributed by atoms with Crippen LogP contribution in [-0.4, -0.2) is 25.0 Å².